The van der Waals surface area contributed by atoms with Gasteiger partial charge in [0.15, 0.2) is 0 Å². The summed E-state index contributed by atoms with van der Waals surface area (Å²) in [5.74, 6) is -0.568. The minimum Gasteiger partial charge on any atom is -0.478 e. The third-order valence-corrected chi connectivity index (χ3v) is 3.20. The van der Waals surface area contributed by atoms with Gasteiger partial charge in [0.2, 0.25) is 0 Å². The number of aryl methyl sites for hydroxylation is 2. The summed E-state index contributed by atoms with van der Waals surface area (Å²) >= 11 is 0. The van der Waals surface area contributed by atoms with Crippen molar-refractivity contribution in [2.45, 2.75) is 26.8 Å². The van der Waals surface area contributed by atoms with Gasteiger partial charge in [-0.25, -0.2) is 9.78 Å². The first kappa shape index (κ1) is 14.1. The third-order valence-electron chi connectivity index (χ3n) is 3.20. The average Bonchev–Trinajstić information content (AvgIpc) is 2.39. The summed E-state index contributed by atoms with van der Waals surface area (Å²) in [6, 6.07) is 11.4. The third kappa shape index (κ3) is 3.15. The Kier molecular flexibility index (Phi) is 4.03. The molecule has 0 radical (unpaired) electrons. The van der Waals surface area contributed by atoms with Crippen LogP contribution in [0.15, 0.2) is 36.4 Å². The van der Waals surface area contributed by atoms with Crippen LogP contribution < -0.4 is 5.32 Å². The lowest BCUT2D eigenvalue weighted by Gasteiger charge is -2.17. The fraction of sp³-hybridized carbons (Fsp3) is 0.250. The van der Waals surface area contributed by atoms with Crippen molar-refractivity contribution in [1.82, 2.24) is 4.98 Å². The number of nitrogens with one attached hydrogen (secondary N) is 1. The molecule has 2 aromatic rings. The van der Waals surface area contributed by atoms with Crippen LogP contribution in [0.25, 0.3) is 0 Å². The zero-order chi connectivity index (χ0) is 14.7. The molecule has 0 aliphatic carbocycles. The summed E-state index contributed by atoms with van der Waals surface area (Å²) in [4.78, 5) is 15.5. The standard InChI is InChI=1S/C16H18N2O2/c1-10-4-7-13(8-5-10)12(3)18-15-14(16(19)20)9-6-11(2)17-15/h4-9,12H,1-3H3,(H,17,18)(H,19,20). The van der Waals surface area contributed by atoms with Crippen LogP contribution in [-0.4, -0.2) is 16.1 Å². The van der Waals surface area contributed by atoms with Gasteiger partial charge in [-0.2, -0.15) is 0 Å². The van der Waals surface area contributed by atoms with Gasteiger partial charge in [0.25, 0.3) is 0 Å². The van der Waals surface area contributed by atoms with E-state index in [9.17, 15) is 9.90 Å². The van der Waals surface area contributed by atoms with Crippen LogP contribution in [0.1, 0.15) is 40.1 Å². The van der Waals surface area contributed by atoms with E-state index < -0.39 is 5.97 Å². The molecular formula is C16H18N2O2. The van der Waals surface area contributed by atoms with Crippen molar-refractivity contribution in [1.29, 1.82) is 0 Å². The van der Waals surface area contributed by atoms with E-state index in [-0.39, 0.29) is 11.6 Å². The van der Waals surface area contributed by atoms with Gasteiger partial charge in [-0.1, -0.05) is 29.8 Å². The highest BCUT2D eigenvalue weighted by atomic mass is 16.4. The second-order valence-corrected chi connectivity index (χ2v) is 4.93. The number of nitrogens with zero attached hydrogens (tertiary/aromatic N) is 1. The van der Waals surface area contributed by atoms with Crippen LogP contribution in [0.3, 0.4) is 0 Å². The zero-order valence-electron chi connectivity index (χ0n) is 11.8. The molecule has 4 nitrogen and oxygen atoms in total. The van der Waals surface area contributed by atoms with Gasteiger partial charge in [-0.05, 0) is 38.5 Å². The van der Waals surface area contributed by atoms with E-state index in [0.717, 1.165) is 11.3 Å². The molecule has 0 bridgehead atoms. The lowest BCUT2D eigenvalue weighted by Crippen LogP contribution is -2.12. The Morgan fingerprint density at radius 2 is 1.80 bits per heavy atom. The smallest absolute Gasteiger partial charge is 0.339 e. The van der Waals surface area contributed by atoms with E-state index in [0.29, 0.717) is 5.82 Å². The number of carboxylic acid groups (broad SMARTS) is 1. The van der Waals surface area contributed by atoms with E-state index >= 15 is 0 Å². The first-order valence-electron chi connectivity index (χ1n) is 6.51. The van der Waals surface area contributed by atoms with Crippen LogP contribution >= 0.6 is 0 Å². The molecular weight excluding hydrogens is 252 g/mol. The number of carbonyl (C=O) groups is 1. The fourth-order valence-electron chi connectivity index (χ4n) is 1.98. The van der Waals surface area contributed by atoms with Crippen molar-refractivity contribution < 1.29 is 9.90 Å². The van der Waals surface area contributed by atoms with Crippen molar-refractivity contribution in [3.63, 3.8) is 0 Å². The molecule has 1 aromatic heterocycles. The van der Waals surface area contributed by atoms with Crippen LogP contribution in [0.5, 0.6) is 0 Å². The minimum atomic E-state index is -0.976. The summed E-state index contributed by atoms with van der Waals surface area (Å²) in [6.07, 6.45) is 0. The topological polar surface area (TPSA) is 62.2 Å². The number of hydrogen-bond donors (Lipinski definition) is 2. The molecule has 20 heavy (non-hydrogen) atoms. The second-order valence-electron chi connectivity index (χ2n) is 4.93. The number of carboxylic acids is 1. The maximum absolute atomic E-state index is 11.2. The number of hydrogen-bond acceptors (Lipinski definition) is 3. The lowest BCUT2D eigenvalue weighted by molar-refractivity contribution is 0.0697. The summed E-state index contributed by atoms with van der Waals surface area (Å²) in [6.45, 7) is 5.86. The van der Waals surface area contributed by atoms with E-state index in [2.05, 4.69) is 10.3 Å². The van der Waals surface area contributed by atoms with Crippen molar-refractivity contribution in [3.05, 3.63) is 58.8 Å². The van der Waals surface area contributed by atoms with Crippen molar-refractivity contribution >= 4 is 11.8 Å². The van der Waals surface area contributed by atoms with Gasteiger partial charge < -0.3 is 10.4 Å². The maximum Gasteiger partial charge on any atom is 0.339 e. The van der Waals surface area contributed by atoms with Gasteiger partial charge >= 0.3 is 5.97 Å². The summed E-state index contributed by atoms with van der Waals surface area (Å²) < 4.78 is 0. The SMILES string of the molecule is Cc1ccc(C(C)Nc2nc(C)ccc2C(=O)O)cc1. The predicted molar refractivity (Wildman–Crippen MR) is 79.2 cm³/mol. The van der Waals surface area contributed by atoms with Crippen molar-refractivity contribution in [2.75, 3.05) is 5.32 Å². The molecule has 1 unspecified atom stereocenters. The van der Waals surface area contributed by atoms with Crippen LogP contribution in [0, 0.1) is 13.8 Å². The molecule has 0 saturated carbocycles. The van der Waals surface area contributed by atoms with E-state index in [1.807, 2.05) is 45.0 Å². The van der Waals surface area contributed by atoms with Gasteiger partial charge in [0.05, 0.1) is 0 Å². The van der Waals surface area contributed by atoms with Crippen LogP contribution in [0.4, 0.5) is 5.82 Å². The Hall–Kier alpha value is -2.36. The van der Waals surface area contributed by atoms with Gasteiger partial charge in [-0.3, -0.25) is 0 Å². The maximum atomic E-state index is 11.2. The monoisotopic (exact) mass is 270 g/mol. The highest BCUT2D eigenvalue weighted by molar-refractivity contribution is 5.93. The number of rotatable bonds is 4. The summed E-state index contributed by atoms with van der Waals surface area (Å²) in [5, 5.41) is 12.4. The average molecular weight is 270 g/mol. The molecule has 1 heterocycles. The Labute approximate surface area is 118 Å². The Balaban J connectivity index is 2.27. The van der Waals surface area contributed by atoms with Gasteiger partial charge in [0.1, 0.15) is 11.4 Å². The first-order chi connectivity index (χ1) is 9.47. The number of anilines is 1. The van der Waals surface area contributed by atoms with Crippen LogP contribution in [-0.2, 0) is 0 Å². The van der Waals surface area contributed by atoms with Gasteiger partial charge in [0, 0.05) is 11.7 Å². The summed E-state index contributed by atoms with van der Waals surface area (Å²) in [7, 11) is 0. The number of aromatic nitrogens is 1. The molecule has 1 atom stereocenters. The molecule has 1 aromatic carbocycles. The normalized spacial score (nSPS) is 11.9. The largest absolute Gasteiger partial charge is 0.478 e. The fourth-order valence-corrected chi connectivity index (χ4v) is 1.98. The highest BCUT2D eigenvalue weighted by Gasteiger charge is 2.14. The molecule has 104 valence electrons. The quantitative estimate of drug-likeness (QED) is 0.891. The highest BCUT2D eigenvalue weighted by Crippen LogP contribution is 2.21. The molecule has 0 fully saturated rings. The zero-order valence-corrected chi connectivity index (χ0v) is 11.8. The molecule has 2 N–H and O–H groups in total. The number of pyridine rings is 1. The predicted octanol–water partition coefficient (Wildman–Crippen LogP) is 3.57. The molecule has 0 spiro atoms. The Morgan fingerprint density at radius 3 is 2.40 bits per heavy atom. The van der Waals surface area contributed by atoms with Crippen LogP contribution in [0.2, 0.25) is 0 Å². The molecule has 0 aliphatic heterocycles. The molecule has 0 amide bonds. The van der Waals surface area contributed by atoms with E-state index in [1.165, 1.54) is 5.56 Å². The number of aromatic carboxylic acids is 1. The van der Waals surface area contributed by atoms with E-state index in [1.54, 1.807) is 12.1 Å². The lowest BCUT2D eigenvalue weighted by atomic mass is 10.1. The molecule has 0 saturated heterocycles. The Morgan fingerprint density at radius 1 is 1.15 bits per heavy atom. The van der Waals surface area contributed by atoms with Crippen molar-refractivity contribution in [3.8, 4) is 0 Å². The Bertz CT molecular complexity index is 621. The van der Waals surface area contributed by atoms with E-state index in [4.69, 9.17) is 0 Å². The second kappa shape index (κ2) is 5.74. The van der Waals surface area contributed by atoms with Crippen molar-refractivity contribution in [2.24, 2.45) is 0 Å². The molecule has 0 aliphatic rings. The molecule has 4 heteroatoms. The summed E-state index contributed by atoms with van der Waals surface area (Å²) in [5.41, 5.74) is 3.26. The minimum absolute atomic E-state index is 0.0111. The van der Waals surface area contributed by atoms with Gasteiger partial charge in [-0.15, -0.1) is 0 Å². The first-order valence-corrected chi connectivity index (χ1v) is 6.51. The molecule has 2 rings (SSSR count). The number of benzene rings is 1.